The molecule has 0 radical (unpaired) electrons. The SMILES string of the molecule is COC(=O)C1CCCCC1S(=O)(=O)NC(C)C1CCCNC1. The summed E-state index contributed by atoms with van der Waals surface area (Å²) >= 11 is 0. The zero-order valence-corrected chi connectivity index (χ0v) is 14.3. The summed E-state index contributed by atoms with van der Waals surface area (Å²) in [5.41, 5.74) is 0. The van der Waals surface area contributed by atoms with Crippen LogP contribution < -0.4 is 10.0 Å². The van der Waals surface area contributed by atoms with Crippen LogP contribution in [0.25, 0.3) is 0 Å². The molecule has 0 amide bonds. The number of sulfonamides is 1. The Morgan fingerprint density at radius 3 is 2.59 bits per heavy atom. The lowest BCUT2D eigenvalue weighted by molar-refractivity contribution is -0.146. The van der Waals surface area contributed by atoms with Crippen molar-refractivity contribution < 1.29 is 17.9 Å². The van der Waals surface area contributed by atoms with E-state index in [0.29, 0.717) is 18.8 Å². The van der Waals surface area contributed by atoms with Gasteiger partial charge in [-0.05, 0) is 51.6 Å². The van der Waals surface area contributed by atoms with E-state index in [1.807, 2.05) is 6.92 Å². The van der Waals surface area contributed by atoms with Gasteiger partial charge < -0.3 is 10.1 Å². The molecule has 0 aromatic heterocycles. The fourth-order valence-electron chi connectivity index (χ4n) is 3.64. The monoisotopic (exact) mass is 332 g/mol. The van der Waals surface area contributed by atoms with Gasteiger partial charge >= 0.3 is 5.97 Å². The minimum absolute atomic E-state index is 0.113. The first-order valence-electron chi connectivity index (χ1n) is 8.25. The lowest BCUT2D eigenvalue weighted by Gasteiger charge is -2.33. The number of nitrogens with one attached hydrogen (secondary N) is 2. The maximum absolute atomic E-state index is 12.7. The van der Waals surface area contributed by atoms with Gasteiger partial charge in [0.25, 0.3) is 0 Å². The first kappa shape index (κ1) is 17.7. The number of carbonyl (C=O) groups is 1. The van der Waals surface area contributed by atoms with Crippen LogP contribution in [0.4, 0.5) is 0 Å². The van der Waals surface area contributed by atoms with E-state index in [2.05, 4.69) is 10.0 Å². The molecule has 1 aliphatic heterocycles. The van der Waals surface area contributed by atoms with Crippen molar-refractivity contribution in [3.05, 3.63) is 0 Å². The lowest BCUT2D eigenvalue weighted by Crippen LogP contribution is -2.50. The lowest BCUT2D eigenvalue weighted by atomic mass is 9.89. The molecule has 22 heavy (non-hydrogen) atoms. The molecule has 4 unspecified atom stereocenters. The van der Waals surface area contributed by atoms with Gasteiger partial charge in [0.1, 0.15) is 0 Å². The highest BCUT2D eigenvalue weighted by Gasteiger charge is 2.41. The number of esters is 1. The number of rotatable bonds is 5. The van der Waals surface area contributed by atoms with Crippen LogP contribution in [0.3, 0.4) is 0 Å². The Morgan fingerprint density at radius 1 is 1.23 bits per heavy atom. The van der Waals surface area contributed by atoms with Crippen molar-refractivity contribution in [2.75, 3.05) is 20.2 Å². The number of ether oxygens (including phenoxy) is 1. The minimum atomic E-state index is -3.51. The molecule has 0 bridgehead atoms. The van der Waals surface area contributed by atoms with Crippen molar-refractivity contribution in [3.8, 4) is 0 Å². The predicted molar refractivity (Wildman–Crippen MR) is 84.9 cm³/mol. The first-order valence-corrected chi connectivity index (χ1v) is 9.80. The van der Waals surface area contributed by atoms with Crippen molar-refractivity contribution in [1.29, 1.82) is 0 Å². The topological polar surface area (TPSA) is 84.5 Å². The van der Waals surface area contributed by atoms with Gasteiger partial charge in [0.05, 0.1) is 18.3 Å². The largest absolute Gasteiger partial charge is 0.469 e. The highest BCUT2D eigenvalue weighted by molar-refractivity contribution is 7.90. The number of hydrogen-bond donors (Lipinski definition) is 2. The van der Waals surface area contributed by atoms with Crippen molar-refractivity contribution >= 4 is 16.0 Å². The first-order chi connectivity index (χ1) is 10.5. The van der Waals surface area contributed by atoms with E-state index in [0.717, 1.165) is 38.8 Å². The molecule has 1 heterocycles. The molecule has 0 spiro atoms. The summed E-state index contributed by atoms with van der Waals surface area (Å²) < 4.78 is 33.1. The zero-order chi connectivity index (χ0) is 16.2. The summed E-state index contributed by atoms with van der Waals surface area (Å²) in [6.45, 7) is 3.77. The van der Waals surface area contributed by atoms with Crippen LogP contribution >= 0.6 is 0 Å². The summed E-state index contributed by atoms with van der Waals surface area (Å²) in [7, 11) is -2.19. The third-order valence-corrected chi connectivity index (χ3v) is 7.06. The van der Waals surface area contributed by atoms with Gasteiger partial charge in [-0.3, -0.25) is 4.79 Å². The molecular weight excluding hydrogens is 304 g/mol. The molecule has 2 aliphatic rings. The second-order valence-electron chi connectivity index (χ2n) is 6.51. The number of carbonyl (C=O) groups excluding carboxylic acids is 1. The smallest absolute Gasteiger partial charge is 0.310 e. The van der Waals surface area contributed by atoms with Crippen LogP contribution in [-0.2, 0) is 19.6 Å². The Hall–Kier alpha value is -0.660. The van der Waals surface area contributed by atoms with Gasteiger partial charge in [0, 0.05) is 6.04 Å². The number of hydrogen-bond acceptors (Lipinski definition) is 5. The molecule has 1 saturated heterocycles. The minimum Gasteiger partial charge on any atom is -0.469 e. The zero-order valence-electron chi connectivity index (χ0n) is 13.5. The van der Waals surface area contributed by atoms with E-state index < -0.39 is 27.2 Å². The van der Waals surface area contributed by atoms with E-state index >= 15 is 0 Å². The molecule has 6 nitrogen and oxygen atoms in total. The molecule has 7 heteroatoms. The quantitative estimate of drug-likeness (QED) is 0.735. The van der Waals surface area contributed by atoms with E-state index in [1.54, 1.807) is 0 Å². The average Bonchev–Trinajstić information content (AvgIpc) is 2.54. The van der Waals surface area contributed by atoms with E-state index in [-0.39, 0.29) is 6.04 Å². The fourth-order valence-corrected chi connectivity index (χ4v) is 5.68. The van der Waals surface area contributed by atoms with Gasteiger partial charge in [-0.15, -0.1) is 0 Å². The number of methoxy groups -OCH3 is 1. The summed E-state index contributed by atoms with van der Waals surface area (Å²) in [5, 5.41) is 2.65. The summed E-state index contributed by atoms with van der Waals surface area (Å²) in [6.07, 6.45) is 4.96. The van der Waals surface area contributed by atoms with Crippen molar-refractivity contribution in [1.82, 2.24) is 10.0 Å². The molecule has 1 aliphatic carbocycles. The maximum Gasteiger partial charge on any atom is 0.310 e. The average molecular weight is 332 g/mol. The predicted octanol–water partition coefficient (Wildman–Crippen LogP) is 1.03. The Kier molecular flexibility index (Phi) is 6.23. The standard InChI is InChI=1S/C15H28N2O4S/c1-11(12-6-5-9-16-10-12)17-22(19,20)14-8-4-3-7-13(14)15(18)21-2/h11-14,16-17H,3-10H2,1-2H3. The Labute approximate surface area is 133 Å². The Morgan fingerprint density at radius 2 is 1.95 bits per heavy atom. The highest BCUT2D eigenvalue weighted by atomic mass is 32.2. The van der Waals surface area contributed by atoms with Gasteiger partial charge in [-0.25, -0.2) is 13.1 Å². The summed E-state index contributed by atoms with van der Waals surface area (Å²) in [4.78, 5) is 11.9. The second-order valence-corrected chi connectivity index (χ2v) is 8.44. The second kappa shape index (κ2) is 7.75. The highest BCUT2D eigenvalue weighted by Crippen LogP contribution is 2.30. The van der Waals surface area contributed by atoms with E-state index in [1.165, 1.54) is 7.11 Å². The van der Waals surface area contributed by atoms with Crippen LogP contribution in [0.15, 0.2) is 0 Å². The van der Waals surface area contributed by atoms with E-state index in [9.17, 15) is 13.2 Å². The van der Waals surface area contributed by atoms with Gasteiger partial charge in [0.15, 0.2) is 0 Å². The van der Waals surface area contributed by atoms with Crippen molar-refractivity contribution in [3.63, 3.8) is 0 Å². The molecule has 2 fully saturated rings. The molecule has 4 atom stereocenters. The van der Waals surface area contributed by atoms with Crippen molar-refractivity contribution in [2.45, 2.75) is 56.7 Å². The molecule has 2 rings (SSSR count). The Balaban J connectivity index is 2.05. The van der Waals surface area contributed by atoms with Crippen LogP contribution in [0.5, 0.6) is 0 Å². The summed E-state index contributed by atoms with van der Waals surface area (Å²) in [6, 6.07) is -0.113. The third kappa shape index (κ3) is 4.20. The normalized spacial score (nSPS) is 31.5. The molecular formula is C15H28N2O4S. The third-order valence-electron chi connectivity index (χ3n) is 5.00. The van der Waals surface area contributed by atoms with E-state index in [4.69, 9.17) is 4.74 Å². The van der Waals surface area contributed by atoms with Crippen LogP contribution in [0.1, 0.15) is 45.4 Å². The van der Waals surface area contributed by atoms with Crippen LogP contribution in [0.2, 0.25) is 0 Å². The van der Waals surface area contributed by atoms with Crippen LogP contribution in [0, 0.1) is 11.8 Å². The molecule has 1 saturated carbocycles. The van der Waals surface area contributed by atoms with Gasteiger partial charge in [0.2, 0.25) is 10.0 Å². The van der Waals surface area contributed by atoms with Crippen molar-refractivity contribution in [2.24, 2.45) is 11.8 Å². The molecule has 0 aromatic rings. The molecule has 128 valence electrons. The number of piperidine rings is 1. The Bertz CT molecular complexity index is 474. The summed E-state index contributed by atoms with van der Waals surface area (Å²) in [5.74, 6) is -0.626. The van der Waals surface area contributed by atoms with Gasteiger partial charge in [-0.1, -0.05) is 12.8 Å². The maximum atomic E-state index is 12.7. The molecule has 0 aromatic carbocycles. The van der Waals surface area contributed by atoms with Crippen LogP contribution in [-0.4, -0.2) is 45.9 Å². The van der Waals surface area contributed by atoms with Gasteiger partial charge in [-0.2, -0.15) is 0 Å². The molecule has 2 N–H and O–H groups in total. The fraction of sp³-hybridized carbons (Fsp3) is 0.933.